The molecule has 3 aromatic heterocycles. The number of furan rings is 1. The lowest BCUT2D eigenvalue weighted by atomic mass is 10.1. The molecule has 2 N–H and O–H groups in total. The third kappa shape index (κ3) is 3.49. The molecular formula is C19H26N6O2. The van der Waals surface area contributed by atoms with Gasteiger partial charge in [0.2, 0.25) is 5.95 Å². The van der Waals surface area contributed by atoms with E-state index in [0.717, 1.165) is 18.8 Å². The SMILES string of the molecule is CC(C)(C)n1ncc2c(=O)[nH]c(NC[C@H](c3ccco3)N3CCCC3)nc21. The second-order valence-corrected chi connectivity index (χ2v) is 8.03. The van der Waals surface area contributed by atoms with Crippen LogP contribution in [0.5, 0.6) is 0 Å². The maximum absolute atomic E-state index is 12.5. The number of hydrogen-bond donors (Lipinski definition) is 2. The molecule has 0 aliphatic carbocycles. The number of anilines is 1. The molecular weight excluding hydrogens is 344 g/mol. The van der Waals surface area contributed by atoms with E-state index in [0.29, 0.717) is 23.5 Å². The van der Waals surface area contributed by atoms with Crippen molar-refractivity contribution in [1.29, 1.82) is 0 Å². The zero-order valence-corrected chi connectivity index (χ0v) is 16.0. The number of H-pyrrole nitrogens is 1. The molecule has 8 heteroatoms. The molecule has 144 valence electrons. The number of aromatic amines is 1. The van der Waals surface area contributed by atoms with Crippen LogP contribution in [0.4, 0.5) is 5.95 Å². The Bertz CT molecular complexity index is 960. The first-order chi connectivity index (χ1) is 12.9. The predicted molar refractivity (Wildman–Crippen MR) is 104 cm³/mol. The van der Waals surface area contributed by atoms with Crippen LogP contribution in [0.15, 0.2) is 33.8 Å². The largest absolute Gasteiger partial charge is 0.468 e. The fourth-order valence-corrected chi connectivity index (χ4v) is 3.63. The van der Waals surface area contributed by atoms with Crippen molar-refractivity contribution in [3.05, 3.63) is 40.7 Å². The zero-order chi connectivity index (χ0) is 19.0. The monoisotopic (exact) mass is 370 g/mol. The quantitative estimate of drug-likeness (QED) is 0.717. The number of nitrogens with one attached hydrogen (secondary N) is 2. The second-order valence-electron chi connectivity index (χ2n) is 8.03. The van der Waals surface area contributed by atoms with Crippen molar-refractivity contribution >= 4 is 17.0 Å². The summed E-state index contributed by atoms with van der Waals surface area (Å²) in [6.07, 6.45) is 5.67. The number of fused-ring (bicyclic) bond motifs is 1. The summed E-state index contributed by atoms with van der Waals surface area (Å²) in [5.74, 6) is 1.38. The van der Waals surface area contributed by atoms with Gasteiger partial charge < -0.3 is 9.73 Å². The molecule has 4 heterocycles. The third-order valence-corrected chi connectivity index (χ3v) is 4.99. The number of aromatic nitrogens is 4. The minimum atomic E-state index is -0.258. The Morgan fingerprint density at radius 2 is 2.11 bits per heavy atom. The molecule has 1 saturated heterocycles. The molecule has 0 bridgehead atoms. The van der Waals surface area contributed by atoms with Gasteiger partial charge in [0.05, 0.1) is 24.0 Å². The van der Waals surface area contributed by atoms with Crippen molar-refractivity contribution in [1.82, 2.24) is 24.6 Å². The fourth-order valence-electron chi connectivity index (χ4n) is 3.63. The second kappa shape index (κ2) is 6.84. The first-order valence-corrected chi connectivity index (χ1v) is 9.43. The fraction of sp³-hybridized carbons (Fsp3) is 0.526. The van der Waals surface area contributed by atoms with Crippen molar-refractivity contribution < 1.29 is 4.42 Å². The van der Waals surface area contributed by atoms with Crippen molar-refractivity contribution in [3.63, 3.8) is 0 Å². The standard InChI is InChI=1S/C19H26N6O2/c1-19(2,3)25-16-13(11-21-25)17(26)23-18(22-16)20-12-14(15-7-6-10-27-15)24-8-4-5-9-24/h6-7,10-11,14H,4-5,8-9,12H2,1-3H3,(H2,20,22,23,26)/t14-/m1/s1. The highest BCUT2D eigenvalue weighted by Crippen LogP contribution is 2.26. The van der Waals surface area contributed by atoms with Crippen LogP contribution in [0.2, 0.25) is 0 Å². The lowest BCUT2D eigenvalue weighted by Crippen LogP contribution is -2.31. The van der Waals surface area contributed by atoms with Gasteiger partial charge in [-0.25, -0.2) is 4.68 Å². The van der Waals surface area contributed by atoms with Crippen LogP contribution in [0.1, 0.15) is 45.4 Å². The summed E-state index contributed by atoms with van der Waals surface area (Å²) in [6.45, 7) is 8.81. The van der Waals surface area contributed by atoms with Crippen LogP contribution in [-0.4, -0.2) is 44.3 Å². The topological polar surface area (TPSA) is 92.0 Å². The molecule has 4 rings (SSSR count). The summed E-state index contributed by atoms with van der Waals surface area (Å²) in [4.78, 5) is 22.3. The summed E-state index contributed by atoms with van der Waals surface area (Å²) < 4.78 is 7.44. The van der Waals surface area contributed by atoms with Gasteiger partial charge in [0, 0.05) is 6.54 Å². The minimum Gasteiger partial charge on any atom is -0.468 e. The van der Waals surface area contributed by atoms with Gasteiger partial charge in [-0.05, 0) is 58.8 Å². The highest BCUT2D eigenvalue weighted by Gasteiger charge is 2.26. The van der Waals surface area contributed by atoms with E-state index in [-0.39, 0.29) is 17.1 Å². The van der Waals surface area contributed by atoms with Gasteiger partial charge in [-0.15, -0.1) is 0 Å². The number of hydrogen-bond acceptors (Lipinski definition) is 6. The Balaban J connectivity index is 1.61. The molecule has 1 atom stereocenters. The van der Waals surface area contributed by atoms with E-state index >= 15 is 0 Å². The van der Waals surface area contributed by atoms with Crippen LogP contribution >= 0.6 is 0 Å². The Kier molecular flexibility index (Phi) is 4.51. The lowest BCUT2D eigenvalue weighted by Gasteiger charge is -2.26. The Morgan fingerprint density at radius 1 is 1.33 bits per heavy atom. The summed E-state index contributed by atoms with van der Waals surface area (Å²) in [7, 11) is 0. The van der Waals surface area contributed by atoms with E-state index in [9.17, 15) is 4.79 Å². The summed E-state index contributed by atoms with van der Waals surface area (Å²) in [5, 5.41) is 8.15. The highest BCUT2D eigenvalue weighted by atomic mass is 16.3. The van der Waals surface area contributed by atoms with Crippen LogP contribution in [0.25, 0.3) is 11.0 Å². The van der Waals surface area contributed by atoms with Crippen LogP contribution in [0, 0.1) is 0 Å². The van der Waals surface area contributed by atoms with Crippen LogP contribution in [0.3, 0.4) is 0 Å². The normalized spacial score (nSPS) is 16.9. The first kappa shape index (κ1) is 17.8. The lowest BCUT2D eigenvalue weighted by molar-refractivity contribution is 0.225. The van der Waals surface area contributed by atoms with Gasteiger partial charge in [0.15, 0.2) is 5.65 Å². The maximum Gasteiger partial charge on any atom is 0.263 e. The summed E-state index contributed by atoms with van der Waals surface area (Å²) >= 11 is 0. The molecule has 8 nitrogen and oxygen atoms in total. The molecule has 0 unspecified atom stereocenters. The maximum atomic E-state index is 12.5. The molecule has 3 aromatic rings. The average molecular weight is 370 g/mol. The van der Waals surface area contributed by atoms with Crippen molar-refractivity contribution in [2.24, 2.45) is 0 Å². The molecule has 1 aliphatic rings. The predicted octanol–water partition coefficient (Wildman–Crippen LogP) is 2.72. The van der Waals surface area contributed by atoms with E-state index in [1.165, 1.54) is 12.8 Å². The van der Waals surface area contributed by atoms with E-state index in [2.05, 4.69) is 25.3 Å². The van der Waals surface area contributed by atoms with Crippen LogP contribution in [-0.2, 0) is 5.54 Å². The van der Waals surface area contributed by atoms with Gasteiger partial charge in [-0.3, -0.25) is 14.7 Å². The highest BCUT2D eigenvalue weighted by molar-refractivity contribution is 5.74. The molecule has 0 amide bonds. The molecule has 0 spiro atoms. The van der Waals surface area contributed by atoms with Crippen molar-refractivity contribution in [3.8, 4) is 0 Å². The summed E-state index contributed by atoms with van der Waals surface area (Å²) in [5.41, 5.74) is 0.143. The van der Waals surface area contributed by atoms with Gasteiger partial charge in [-0.2, -0.15) is 10.1 Å². The van der Waals surface area contributed by atoms with Crippen molar-refractivity contribution in [2.75, 3.05) is 25.0 Å². The number of rotatable bonds is 5. The summed E-state index contributed by atoms with van der Waals surface area (Å²) in [6, 6.07) is 4.02. The minimum absolute atomic E-state index is 0.107. The molecule has 27 heavy (non-hydrogen) atoms. The number of likely N-dealkylation sites (tertiary alicyclic amines) is 1. The van der Waals surface area contributed by atoms with E-state index in [1.807, 2.05) is 32.9 Å². The average Bonchev–Trinajstić information content (AvgIpc) is 3.36. The van der Waals surface area contributed by atoms with Gasteiger partial charge >= 0.3 is 0 Å². The van der Waals surface area contributed by atoms with E-state index in [1.54, 1.807) is 17.1 Å². The van der Waals surface area contributed by atoms with Gasteiger partial charge in [-0.1, -0.05) is 0 Å². The molecule has 1 aliphatic heterocycles. The Morgan fingerprint density at radius 3 is 2.78 bits per heavy atom. The molecule has 1 fully saturated rings. The smallest absolute Gasteiger partial charge is 0.263 e. The zero-order valence-electron chi connectivity index (χ0n) is 16.0. The molecule has 0 saturated carbocycles. The van der Waals surface area contributed by atoms with Gasteiger partial charge in [0.1, 0.15) is 11.1 Å². The van der Waals surface area contributed by atoms with E-state index < -0.39 is 0 Å². The Labute approximate surface area is 157 Å². The number of nitrogens with zero attached hydrogens (tertiary/aromatic N) is 4. The molecule has 0 aromatic carbocycles. The van der Waals surface area contributed by atoms with Crippen LogP contribution < -0.4 is 10.9 Å². The first-order valence-electron chi connectivity index (χ1n) is 9.43. The molecule has 0 radical (unpaired) electrons. The Hall–Kier alpha value is -2.61. The third-order valence-electron chi connectivity index (χ3n) is 4.99. The van der Waals surface area contributed by atoms with Gasteiger partial charge in [0.25, 0.3) is 5.56 Å². The van der Waals surface area contributed by atoms with Crippen molar-refractivity contribution in [2.45, 2.75) is 45.2 Å². The van der Waals surface area contributed by atoms with E-state index in [4.69, 9.17) is 4.42 Å².